The summed E-state index contributed by atoms with van der Waals surface area (Å²) >= 11 is 0. The van der Waals surface area contributed by atoms with E-state index in [1.165, 1.54) is 13.0 Å². The van der Waals surface area contributed by atoms with Gasteiger partial charge in [0.1, 0.15) is 11.4 Å². The number of nitrogens with one attached hydrogen (secondary N) is 1. The maximum Gasteiger partial charge on any atom is 0.221 e. The SMILES string of the molecule is CC(=O)Nc1c(O)c(C)cc(C=O)c1O. The van der Waals surface area contributed by atoms with Crippen LogP contribution in [0.3, 0.4) is 0 Å². The van der Waals surface area contributed by atoms with Crippen molar-refractivity contribution in [1.82, 2.24) is 0 Å². The van der Waals surface area contributed by atoms with Gasteiger partial charge in [-0.2, -0.15) is 0 Å². The summed E-state index contributed by atoms with van der Waals surface area (Å²) in [7, 11) is 0. The van der Waals surface area contributed by atoms with Crippen LogP contribution in [0.1, 0.15) is 22.8 Å². The molecule has 0 spiro atoms. The van der Waals surface area contributed by atoms with Crippen LogP contribution in [0, 0.1) is 6.92 Å². The minimum atomic E-state index is -0.442. The Hall–Kier alpha value is -2.04. The van der Waals surface area contributed by atoms with Crippen LogP contribution in [0.4, 0.5) is 5.69 Å². The highest BCUT2D eigenvalue weighted by Gasteiger charge is 2.15. The van der Waals surface area contributed by atoms with Crippen molar-refractivity contribution in [3.05, 3.63) is 17.2 Å². The molecular formula is C10H11NO4. The maximum absolute atomic E-state index is 10.8. The van der Waals surface area contributed by atoms with Gasteiger partial charge in [-0.3, -0.25) is 9.59 Å². The molecule has 0 bridgehead atoms. The Balaban J connectivity index is 3.39. The first-order chi connectivity index (χ1) is 6.97. The molecule has 0 radical (unpaired) electrons. The topological polar surface area (TPSA) is 86.6 Å². The van der Waals surface area contributed by atoms with E-state index >= 15 is 0 Å². The summed E-state index contributed by atoms with van der Waals surface area (Å²) in [6.45, 7) is 2.80. The van der Waals surface area contributed by atoms with E-state index in [4.69, 9.17) is 0 Å². The normalized spacial score (nSPS) is 9.73. The fourth-order valence-corrected chi connectivity index (χ4v) is 1.21. The first-order valence-corrected chi connectivity index (χ1v) is 4.25. The third-order valence-corrected chi connectivity index (χ3v) is 1.92. The minimum absolute atomic E-state index is 0.0223. The third kappa shape index (κ3) is 2.07. The number of anilines is 1. The quantitative estimate of drug-likeness (QED) is 0.504. The van der Waals surface area contributed by atoms with Crippen LogP contribution in [0.2, 0.25) is 0 Å². The molecule has 0 fully saturated rings. The molecule has 1 rings (SSSR count). The van der Waals surface area contributed by atoms with E-state index in [9.17, 15) is 19.8 Å². The predicted octanol–water partition coefficient (Wildman–Crippen LogP) is 1.18. The van der Waals surface area contributed by atoms with Crippen molar-refractivity contribution >= 4 is 17.9 Å². The first kappa shape index (κ1) is 11.0. The van der Waals surface area contributed by atoms with Gasteiger partial charge in [-0.1, -0.05) is 0 Å². The molecular weight excluding hydrogens is 198 g/mol. The zero-order valence-electron chi connectivity index (χ0n) is 8.37. The number of aldehydes is 1. The van der Waals surface area contributed by atoms with Crippen molar-refractivity contribution in [3.8, 4) is 11.5 Å². The van der Waals surface area contributed by atoms with Crippen molar-refractivity contribution in [3.63, 3.8) is 0 Å². The Kier molecular flexibility index (Phi) is 2.94. The zero-order chi connectivity index (χ0) is 11.6. The van der Waals surface area contributed by atoms with Crippen molar-refractivity contribution in [2.45, 2.75) is 13.8 Å². The zero-order valence-corrected chi connectivity index (χ0v) is 8.37. The van der Waals surface area contributed by atoms with Gasteiger partial charge in [0.25, 0.3) is 0 Å². The van der Waals surface area contributed by atoms with E-state index < -0.39 is 11.7 Å². The second-order valence-corrected chi connectivity index (χ2v) is 3.15. The van der Waals surface area contributed by atoms with Gasteiger partial charge in [0, 0.05) is 6.92 Å². The third-order valence-electron chi connectivity index (χ3n) is 1.92. The number of aryl methyl sites for hydroxylation is 1. The molecule has 0 unspecified atom stereocenters. The number of rotatable bonds is 2. The molecule has 3 N–H and O–H groups in total. The lowest BCUT2D eigenvalue weighted by atomic mass is 10.1. The average Bonchev–Trinajstić information content (AvgIpc) is 2.18. The Morgan fingerprint density at radius 3 is 2.47 bits per heavy atom. The van der Waals surface area contributed by atoms with Crippen LogP contribution in [0.25, 0.3) is 0 Å². The smallest absolute Gasteiger partial charge is 0.221 e. The molecule has 5 heteroatoms. The van der Waals surface area contributed by atoms with Gasteiger partial charge in [0.05, 0.1) is 5.56 Å². The molecule has 5 nitrogen and oxygen atoms in total. The van der Waals surface area contributed by atoms with E-state index in [0.717, 1.165) is 0 Å². The molecule has 0 saturated carbocycles. The van der Waals surface area contributed by atoms with Gasteiger partial charge in [-0.25, -0.2) is 0 Å². The van der Waals surface area contributed by atoms with Crippen LogP contribution < -0.4 is 5.32 Å². The number of hydrogen-bond donors (Lipinski definition) is 3. The number of benzene rings is 1. The highest BCUT2D eigenvalue weighted by atomic mass is 16.3. The summed E-state index contributed by atoms with van der Waals surface area (Å²) in [5.74, 6) is -1.11. The Morgan fingerprint density at radius 1 is 1.40 bits per heavy atom. The standard InChI is InChI=1S/C10H11NO4/c1-5-3-7(4-12)10(15)8(9(5)14)11-6(2)13/h3-4,14-15H,1-2H3,(H,11,13). The highest BCUT2D eigenvalue weighted by Crippen LogP contribution is 2.38. The minimum Gasteiger partial charge on any atom is -0.505 e. The molecule has 1 aromatic carbocycles. The molecule has 1 amide bonds. The van der Waals surface area contributed by atoms with Crippen LogP contribution >= 0.6 is 0 Å². The van der Waals surface area contributed by atoms with E-state index in [0.29, 0.717) is 11.8 Å². The maximum atomic E-state index is 10.8. The molecule has 0 aromatic heterocycles. The van der Waals surface area contributed by atoms with Gasteiger partial charge >= 0.3 is 0 Å². The van der Waals surface area contributed by atoms with Crippen LogP contribution in [-0.4, -0.2) is 22.4 Å². The Bertz CT molecular complexity index is 426. The summed E-state index contributed by atoms with van der Waals surface area (Å²) in [4.78, 5) is 21.4. The van der Waals surface area contributed by atoms with Crippen molar-refractivity contribution in [2.75, 3.05) is 5.32 Å². The van der Waals surface area contributed by atoms with Crippen LogP contribution in [0.15, 0.2) is 6.07 Å². The van der Waals surface area contributed by atoms with E-state index in [-0.39, 0.29) is 17.0 Å². The van der Waals surface area contributed by atoms with Gasteiger partial charge in [0.2, 0.25) is 5.91 Å². The van der Waals surface area contributed by atoms with Gasteiger partial charge in [-0.15, -0.1) is 0 Å². The molecule has 0 aliphatic rings. The second-order valence-electron chi connectivity index (χ2n) is 3.15. The summed E-state index contributed by atoms with van der Waals surface area (Å²) < 4.78 is 0. The van der Waals surface area contributed by atoms with Gasteiger partial charge in [0.15, 0.2) is 12.0 Å². The average molecular weight is 209 g/mol. The van der Waals surface area contributed by atoms with E-state index in [2.05, 4.69) is 5.32 Å². The summed E-state index contributed by atoms with van der Waals surface area (Å²) in [6, 6.07) is 1.34. The number of aromatic hydroxyl groups is 2. The number of phenolic OH excluding ortho intramolecular Hbond substituents is 2. The van der Waals surface area contributed by atoms with Gasteiger partial charge in [-0.05, 0) is 18.6 Å². The van der Waals surface area contributed by atoms with Crippen molar-refractivity contribution in [2.24, 2.45) is 0 Å². The number of carbonyl (C=O) groups excluding carboxylic acids is 2. The predicted molar refractivity (Wildman–Crippen MR) is 54.2 cm³/mol. The van der Waals surface area contributed by atoms with Crippen molar-refractivity contribution < 1.29 is 19.8 Å². The molecule has 15 heavy (non-hydrogen) atoms. The fourth-order valence-electron chi connectivity index (χ4n) is 1.21. The monoisotopic (exact) mass is 209 g/mol. The second kappa shape index (κ2) is 4.00. The lowest BCUT2D eigenvalue weighted by Gasteiger charge is -2.11. The number of carbonyl (C=O) groups is 2. The lowest BCUT2D eigenvalue weighted by molar-refractivity contribution is -0.114. The van der Waals surface area contributed by atoms with Crippen molar-refractivity contribution in [1.29, 1.82) is 0 Å². The largest absolute Gasteiger partial charge is 0.505 e. The molecule has 0 aliphatic carbocycles. The summed E-state index contributed by atoms with van der Waals surface area (Å²) in [6.07, 6.45) is 0.451. The van der Waals surface area contributed by atoms with Crippen LogP contribution in [0.5, 0.6) is 11.5 Å². The number of amides is 1. The Morgan fingerprint density at radius 2 is 2.00 bits per heavy atom. The van der Waals surface area contributed by atoms with Gasteiger partial charge < -0.3 is 15.5 Å². The first-order valence-electron chi connectivity index (χ1n) is 4.25. The summed E-state index contributed by atoms with van der Waals surface area (Å²) in [5, 5.41) is 21.4. The Labute approximate surface area is 86.4 Å². The lowest BCUT2D eigenvalue weighted by Crippen LogP contribution is -2.07. The van der Waals surface area contributed by atoms with Crippen LogP contribution in [-0.2, 0) is 4.79 Å². The number of hydrogen-bond acceptors (Lipinski definition) is 4. The molecule has 80 valence electrons. The molecule has 1 aromatic rings. The molecule has 0 aliphatic heterocycles. The van der Waals surface area contributed by atoms with E-state index in [1.54, 1.807) is 6.92 Å². The fraction of sp³-hybridized carbons (Fsp3) is 0.200. The molecule has 0 saturated heterocycles. The number of phenols is 2. The van der Waals surface area contributed by atoms with E-state index in [1.807, 2.05) is 0 Å². The molecule has 0 atom stereocenters. The molecule has 0 heterocycles. The summed E-state index contributed by atoms with van der Waals surface area (Å²) in [5.41, 5.74) is 0.289. The highest BCUT2D eigenvalue weighted by molar-refractivity contribution is 5.96.